The van der Waals surface area contributed by atoms with Gasteiger partial charge in [0.15, 0.2) is 0 Å². The number of rotatable bonds is 1. The second-order valence-electron chi connectivity index (χ2n) is 4.37. The van der Waals surface area contributed by atoms with Gasteiger partial charge in [0, 0.05) is 23.7 Å². The maximum Gasteiger partial charge on any atom is 0.0671 e. The third kappa shape index (κ3) is 1.10. The average Bonchev–Trinajstić information content (AvgIpc) is 2.77. The zero-order valence-electron chi connectivity index (χ0n) is 7.88. The largest absolute Gasteiger partial charge is 0.311 e. The molecule has 1 aromatic rings. The molecule has 2 saturated heterocycles. The summed E-state index contributed by atoms with van der Waals surface area (Å²) < 4.78 is 0. The number of aromatic amines is 1. The molecule has 3 heterocycles. The van der Waals surface area contributed by atoms with Crippen molar-refractivity contribution in [3.8, 4) is 0 Å². The van der Waals surface area contributed by atoms with Crippen molar-refractivity contribution in [2.45, 2.75) is 44.2 Å². The molecule has 0 aliphatic carbocycles. The van der Waals surface area contributed by atoms with E-state index in [-0.39, 0.29) is 0 Å². The maximum absolute atomic E-state index is 4.35. The van der Waals surface area contributed by atoms with Crippen LogP contribution in [0.15, 0.2) is 6.07 Å². The SMILES string of the molecule is Cc1cc(C2CC3CCC2N3)n[nH]1. The number of hydrogen-bond donors (Lipinski definition) is 2. The Morgan fingerprint density at radius 3 is 2.92 bits per heavy atom. The summed E-state index contributed by atoms with van der Waals surface area (Å²) in [6.45, 7) is 2.07. The van der Waals surface area contributed by atoms with E-state index < -0.39 is 0 Å². The lowest BCUT2D eigenvalue weighted by Crippen LogP contribution is -2.21. The van der Waals surface area contributed by atoms with Gasteiger partial charge < -0.3 is 5.32 Å². The fourth-order valence-electron chi connectivity index (χ4n) is 2.78. The fraction of sp³-hybridized carbons (Fsp3) is 0.700. The summed E-state index contributed by atoms with van der Waals surface area (Å²) in [7, 11) is 0. The van der Waals surface area contributed by atoms with Crippen molar-refractivity contribution in [2.24, 2.45) is 0 Å². The van der Waals surface area contributed by atoms with Crippen molar-refractivity contribution in [1.29, 1.82) is 0 Å². The van der Waals surface area contributed by atoms with E-state index in [0.717, 1.165) is 6.04 Å². The molecule has 0 radical (unpaired) electrons. The number of aryl methyl sites for hydroxylation is 1. The zero-order chi connectivity index (χ0) is 8.84. The lowest BCUT2D eigenvalue weighted by molar-refractivity contribution is 0.496. The van der Waals surface area contributed by atoms with Crippen LogP contribution >= 0.6 is 0 Å². The minimum atomic E-state index is 0.670. The van der Waals surface area contributed by atoms with Crippen LogP contribution in [-0.2, 0) is 0 Å². The van der Waals surface area contributed by atoms with Gasteiger partial charge in [0.1, 0.15) is 0 Å². The molecule has 0 amide bonds. The second kappa shape index (κ2) is 2.58. The molecule has 2 bridgehead atoms. The van der Waals surface area contributed by atoms with Gasteiger partial charge in [-0.1, -0.05) is 0 Å². The van der Waals surface area contributed by atoms with Gasteiger partial charge in [-0.05, 0) is 32.3 Å². The van der Waals surface area contributed by atoms with Crippen molar-refractivity contribution in [2.75, 3.05) is 0 Å². The highest BCUT2D eigenvalue weighted by molar-refractivity contribution is 5.19. The molecule has 3 heteroatoms. The van der Waals surface area contributed by atoms with Crippen molar-refractivity contribution in [1.82, 2.24) is 15.5 Å². The van der Waals surface area contributed by atoms with Crippen LogP contribution in [0.4, 0.5) is 0 Å². The van der Waals surface area contributed by atoms with Gasteiger partial charge in [-0.3, -0.25) is 5.10 Å². The molecule has 3 nitrogen and oxygen atoms in total. The normalized spacial score (nSPS) is 37.2. The summed E-state index contributed by atoms with van der Waals surface area (Å²) >= 11 is 0. The van der Waals surface area contributed by atoms with Crippen LogP contribution in [0, 0.1) is 6.92 Å². The van der Waals surface area contributed by atoms with Crippen LogP contribution in [0.2, 0.25) is 0 Å². The Morgan fingerprint density at radius 2 is 2.38 bits per heavy atom. The molecule has 0 spiro atoms. The Labute approximate surface area is 77.9 Å². The van der Waals surface area contributed by atoms with E-state index in [1.165, 1.54) is 30.7 Å². The van der Waals surface area contributed by atoms with Gasteiger partial charge in [-0.15, -0.1) is 0 Å². The Bertz CT molecular complexity index is 318. The van der Waals surface area contributed by atoms with Crippen LogP contribution in [0.5, 0.6) is 0 Å². The second-order valence-corrected chi connectivity index (χ2v) is 4.37. The Morgan fingerprint density at radius 1 is 1.46 bits per heavy atom. The molecule has 2 aliphatic rings. The van der Waals surface area contributed by atoms with E-state index in [1.807, 2.05) is 0 Å². The quantitative estimate of drug-likeness (QED) is 0.679. The third-order valence-electron chi connectivity index (χ3n) is 3.41. The summed E-state index contributed by atoms with van der Waals surface area (Å²) in [6, 6.07) is 3.66. The minimum Gasteiger partial charge on any atom is -0.311 e. The first-order valence-corrected chi connectivity index (χ1v) is 5.11. The molecule has 1 aromatic heterocycles. The highest BCUT2D eigenvalue weighted by atomic mass is 15.1. The van der Waals surface area contributed by atoms with Gasteiger partial charge in [0.2, 0.25) is 0 Å². The van der Waals surface area contributed by atoms with Crippen molar-refractivity contribution in [3.05, 3.63) is 17.5 Å². The van der Waals surface area contributed by atoms with Crippen LogP contribution in [0.3, 0.4) is 0 Å². The number of fused-ring (bicyclic) bond motifs is 2. The smallest absolute Gasteiger partial charge is 0.0671 e. The minimum absolute atomic E-state index is 0.670. The molecule has 70 valence electrons. The first-order chi connectivity index (χ1) is 6.33. The van der Waals surface area contributed by atoms with Crippen molar-refractivity contribution < 1.29 is 0 Å². The number of aromatic nitrogens is 2. The van der Waals surface area contributed by atoms with Crippen LogP contribution in [0.25, 0.3) is 0 Å². The molecular formula is C10H15N3. The zero-order valence-corrected chi connectivity index (χ0v) is 7.88. The third-order valence-corrected chi connectivity index (χ3v) is 3.41. The van der Waals surface area contributed by atoms with Gasteiger partial charge >= 0.3 is 0 Å². The van der Waals surface area contributed by atoms with E-state index in [2.05, 4.69) is 28.5 Å². The lowest BCUT2D eigenvalue weighted by Gasteiger charge is -2.17. The van der Waals surface area contributed by atoms with Crippen LogP contribution in [0.1, 0.15) is 36.6 Å². The number of H-pyrrole nitrogens is 1. The molecule has 0 saturated carbocycles. The van der Waals surface area contributed by atoms with Crippen LogP contribution in [-0.4, -0.2) is 22.3 Å². The van der Waals surface area contributed by atoms with Gasteiger partial charge in [-0.2, -0.15) is 5.10 Å². The molecule has 2 aliphatic heterocycles. The highest BCUT2D eigenvalue weighted by Gasteiger charge is 2.40. The van der Waals surface area contributed by atoms with E-state index >= 15 is 0 Å². The molecule has 3 atom stereocenters. The van der Waals surface area contributed by atoms with E-state index in [4.69, 9.17) is 0 Å². The topological polar surface area (TPSA) is 40.7 Å². The Hall–Kier alpha value is -0.830. The molecule has 0 aromatic carbocycles. The molecule has 2 fully saturated rings. The maximum atomic E-state index is 4.35. The van der Waals surface area contributed by atoms with Gasteiger partial charge in [-0.25, -0.2) is 0 Å². The number of nitrogens with one attached hydrogen (secondary N) is 2. The molecule has 3 unspecified atom stereocenters. The van der Waals surface area contributed by atoms with Gasteiger partial charge in [0.05, 0.1) is 5.69 Å². The highest BCUT2D eigenvalue weighted by Crippen LogP contribution is 2.39. The first kappa shape index (κ1) is 7.56. The summed E-state index contributed by atoms with van der Waals surface area (Å²) in [5.41, 5.74) is 2.44. The average molecular weight is 177 g/mol. The molecule has 13 heavy (non-hydrogen) atoms. The Balaban J connectivity index is 1.87. The van der Waals surface area contributed by atoms with E-state index in [9.17, 15) is 0 Å². The predicted octanol–water partition coefficient (Wildman–Crippen LogP) is 1.33. The summed E-state index contributed by atoms with van der Waals surface area (Å²) in [5, 5.41) is 11.0. The standard InChI is InChI=1S/C10H15N3/c1-6-4-10(13-12-6)8-5-7-2-3-9(8)11-7/h4,7-9,11H,2-3,5H2,1H3,(H,12,13). The first-order valence-electron chi connectivity index (χ1n) is 5.11. The number of nitrogens with zero attached hydrogens (tertiary/aromatic N) is 1. The summed E-state index contributed by atoms with van der Waals surface area (Å²) in [5.74, 6) is 0.670. The predicted molar refractivity (Wildman–Crippen MR) is 50.6 cm³/mol. The molecular weight excluding hydrogens is 162 g/mol. The monoisotopic (exact) mass is 177 g/mol. The van der Waals surface area contributed by atoms with Crippen LogP contribution < -0.4 is 5.32 Å². The molecule has 3 rings (SSSR count). The number of hydrogen-bond acceptors (Lipinski definition) is 2. The lowest BCUT2D eigenvalue weighted by atomic mass is 9.87. The molecule has 2 N–H and O–H groups in total. The van der Waals surface area contributed by atoms with Gasteiger partial charge in [0.25, 0.3) is 0 Å². The Kier molecular flexibility index (Phi) is 1.50. The summed E-state index contributed by atoms with van der Waals surface area (Å²) in [6.07, 6.45) is 3.99. The van der Waals surface area contributed by atoms with Crippen molar-refractivity contribution in [3.63, 3.8) is 0 Å². The summed E-state index contributed by atoms with van der Waals surface area (Å²) in [4.78, 5) is 0. The van der Waals surface area contributed by atoms with E-state index in [0.29, 0.717) is 12.0 Å². The van der Waals surface area contributed by atoms with Crippen molar-refractivity contribution >= 4 is 0 Å². The van der Waals surface area contributed by atoms with E-state index in [1.54, 1.807) is 0 Å². The fourth-order valence-corrected chi connectivity index (χ4v) is 2.78.